The fourth-order valence-corrected chi connectivity index (χ4v) is 3.29. The van der Waals surface area contributed by atoms with Gasteiger partial charge in [-0.25, -0.2) is 9.67 Å². The Bertz CT molecular complexity index is 1190. The highest BCUT2D eigenvalue weighted by Crippen LogP contribution is 2.22. The summed E-state index contributed by atoms with van der Waals surface area (Å²) in [6.45, 7) is 4.21. The zero-order valence-electron chi connectivity index (χ0n) is 16.3. The molecule has 0 saturated heterocycles. The molecular weight excluding hydrogens is 368 g/mol. The average Bonchev–Trinajstić information content (AvgIpc) is 3.15. The molecule has 0 spiro atoms. The number of carbonyl (C=O) groups is 1. The highest BCUT2D eigenvalue weighted by atomic mass is 16.2. The Morgan fingerprint density at radius 1 is 1.10 bits per heavy atom. The highest BCUT2D eigenvalue weighted by Gasteiger charge is 2.22. The number of nitrogens with one attached hydrogen (secondary N) is 2. The number of H-pyrrole nitrogens is 1. The maximum atomic E-state index is 12.6. The van der Waals surface area contributed by atoms with Crippen molar-refractivity contribution in [3.63, 3.8) is 0 Å². The molecule has 2 N–H and O–H groups in total. The maximum Gasteiger partial charge on any atom is 0.277 e. The molecule has 29 heavy (non-hydrogen) atoms. The number of aromatic nitrogens is 5. The van der Waals surface area contributed by atoms with Crippen LogP contribution in [-0.2, 0) is 11.3 Å². The smallest absolute Gasteiger partial charge is 0.277 e. The molecule has 0 aliphatic carbocycles. The van der Waals surface area contributed by atoms with Crippen LogP contribution >= 0.6 is 0 Å². The monoisotopic (exact) mass is 390 g/mol. The summed E-state index contributed by atoms with van der Waals surface area (Å²) in [5.74, 6) is 0.686. The molecule has 0 fully saturated rings. The summed E-state index contributed by atoms with van der Waals surface area (Å²) < 4.78 is 1.23. The van der Waals surface area contributed by atoms with Crippen LogP contribution in [0.5, 0.6) is 0 Å². The van der Waals surface area contributed by atoms with E-state index in [1.54, 1.807) is 24.3 Å². The third-order valence-corrected chi connectivity index (χ3v) is 4.87. The maximum absolute atomic E-state index is 12.6. The number of para-hydroxylation sites is 2. The van der Waals surface area contributed by atoms with Gasteiger partial charge in [-0.1, -0.05) is 43.3 Å². The fourth-order valence-electron chi connectivity index (χ4n) is 3.29. The zero-order valence-corrected chi connectivity index (χ0v) is 16.3. The topological polar surface area (TPSA) is 106 Å². The summed E-state index contributed by atoms with van der Waals surface area (Å²) in [6.07, 6.45) is 0.121. The number of rotatable bonds is 6. The normalized spacial score (nSPS) is 12.5. The first-order valence-electron chi connectivity index (χ1n) is 9.59. The van der Waals surface area contributed by atoms with Crippen LogP contribution in [0.3, 0.4) is 0 Å². The van der Waals surface area contributed by atoms with Crippen LogP contribution in [0, 0.1) is 5.92 Å². The van der Waals surface area contributed by atoms with E-state index in [-0.39, 0.29) is 36.4 Å². The van der Waals surface area contributed by atoms with Gasteiger partial charge in [0.2, 0.25) is 5.91 Å². The molecule has 1 unspecified atom stereocenters. The number of hydrogen-bond donors (Lipinski definition) is 2. The second-order valence-electron chi connectivity index (χ2n) is 7.31. The quantitative estimate of drug-likeness (QED) is 0.526. The van der Waals surface area contributed by atoms with E-state index in [9.17, 15) is 9.59 Å². The summed E-state index contributed by atoms with van der Waals surface area (Å²) in [4.78, 5) is 33.0. The summed E-state index contributed by atoms with van der Waals surface area (Å²) in [5, 5.41) is 11.5. The molecule has 0 radical (unpaired) electrons. The van der Waals surface area contributed by atoms with Crippen molar-refractivity contribution >= 4 is 27.8 Å². The van der Waals surface area contributed by atoms with Crippen molar-refractivity contribution in [2.45, 2.75) is 32.9 Å². The standard InChI is InChI=1S/C21H22N6O2/c1-13(2)19(20-22-16-9-5-6-10-17(16)23-20)24-18(28)11-12-27-21(29)14-7-3-4-8-15(14)25-26-27/h3-10,13,19H,11-12H2,1-2H3,(H,22,23)(H,24,28). The van der Waals surface area contributed by atoms with Gasteiger partial charge in [-0.3, -0.25) is 9.59 Å². The Morgan fingerprint density at radius 3 is 2.59 bits per heavy atom. The number of aromatic amines is 1. The van der Waals surface area contributed by atoms with Crippen LogP contribution in [0.15, 0.2) is 53.3 Å². The number of hydrogen-bond acceptors (Lipinski definition) is 5. The molecule has 1 amide bonds. The van der Waals surface area contributed by atoms with Crippen molar-refractivity contribution in [2.75, 3.05) is 0 Å². The van der Waals surface area contributed by atoms with Crippen LogP contribution in [-0.4, -0.2) is 30.9 Å². The van der Waals surface area contributed by atoms with Gasteiger partial charge in [0.15, 0.2) is 0 Å². The summed E-state index contributed by atoms with van der Waals surface area (Å²) in [5.41, 5.74) is 2.09. The van der Waals surface area contributed by atoms with Gasteiger partial charge in [-0.15, -0.1) is 5.10 Å². The zero-order chi connectivity index (χ0) is 20.4. The van der Waals surface area contributed by atoms with Crippen molar-refractivity contribution in [1.82, 2.24) is 30.3 Å². The van der Waals surface area contributed by atoms with E-state index in [2.05, 4.69) is 25.6 Å². The number of carbonyl (C=O) groups excluding carboxylic acids is 1. The lowest BCUT2D eigenvalue weighted by Gasteiger charge is -2.20. The van der Waals surface area contributed by atoms with Crippen LogP contribution < -0.4 is 10.9 Å². The SMILES string of the molecule is CC(C)C(NC(=O)CCn1nnc2ccccc2c1=O)c1nc2ccccc2[nH]1. The Morgan fingerprint density at radius 2 is 1.83 bits per heavy atom. The minimum atomic E-state index is -0.255. The second kappa shape index (κ2) is 7.83. The molecule has 2 heterocycles. The Kier molecular flexibility index (Phi) is 5.07. The van der Waals surface area contributed by atoms with E-state index >= 15 is 0 Å². The highest BCUT2D eigenvalue weighted by molar-refractivity contribution is 5.78. The van der Waals surface area contributed by atoms with Crippen LogP contribution in [0.25, 0.3) is 21.9 Å². The summed E-state index contributed by atoms with van der Waals surface area (Å²) in [7, 11) is 0. The van der Waals surface area contributed by atoms with Crippen molar-refractivity contribution in [3.05, 3.63) is 64.7 Å². The molecule has 8 nitrogen and oxygen atoms in total. The summed E-state index contributed by atoms with van der Waals surface area (Å²) >= 11 is 0. The molecule has 148 valence electrons. The largest absolute Gasteiger partial charge is 0.346 e. The van der Waals surface area contributed by atoms with Gasteiger partial charge < -0.3 is 10.3 Å². The van der Waals surface area contributed by atoms with Gasteiger partial charge in [0.1, 0.15) is 11.3 Å². The Labute approximate surface area is 167 Å². The van der Waals surface area contributed by atoms with Crippen LogP contribution in [0.4, 0.5) is 0 Å². The van der Waals surface area contributed by atoms with Crippen LogP contribution in [0.2, 0.25) is 0 Å². The molecular formula is C21H22N6O2. The molecule has 4 aromatic rings. The molecule has 1 atom stereocenters. The van der Waals surface area contributed by atoms with E-state index in [1.165, 1.54) is 4.68 Å². The molecule has 0 aliphatic rings. The van der Waals surface area contributed by atoms with E-state index < -0.39 is 0 Å². The predicted molar refractivity (Wildman–Crippen MR) is 110 cm³/mol. The van der Waals surface area contributed by atoms with Gasteiger partial charge in [0.25, 0.3) is 5.56 Å². The molecule has 0 bridgehead atoms. The minimum Gasteiger partial charge on any atom is -0.346 e. The number of nitrogens with zero attached hydrogens (tertiary/aromatic N) is 4. The lowest BCUT2D eigenvalue weighted by Crippen LogP contribution is -2.34. The number of aryl methyl sites for hydroxylation is 1. The van der Waals surface area contributed by atoms with Gasteiger partial charge >= 0.3 is 0 Å². The Balaban J connectivity index is 1.48. The third kappa shape index (κ3) is 3.87. The number of benzene rings is 2. The minimum absolute atomic E-state index is 0.121. The van der Waals surface area contributed by atoms with Crippen LogP contribution in [0.1, 0.15) is 32.1 Å². The lowest BCUT2D eigenvalue weighted by molar-refractivity contribution is -0.122. The van der Waals surface area contributed by atoms with E-state index in [4.69, 9.17) is 0 Å². The van der Waals surface area contributed by atoms with Crippen molar-refractivity contribution in [2.24, 2.45) is 5.92 Å². The van der Waals surface area contributed by atoms with Gasteiger partial charge in [0.05, 0.1) is 29.0 Å². The lowest BCUT2D eigenvalue weighted by atomic mass is 10.0. The molecule has 8 heteroatoms. The van der Waals surface area contributed by atoms with Crippen molar-refractivity contribution < 1.29 is 4.79 Å². The Hall–Kier alpha value is -3.55. The van der Waals surface area contributed by atoms with E-state index in [1.807, 2.05) is 38.1 Å². The van der Waals surface area contributed by atoms with Crippen molar-refractivity contribution in [3.8, 4) is 0 Å². The third-order valence-electron chi connectivity index (χ3n) is 4.87. The first kappa shape index (κ1) is 18.8. The molecule has 0 aliphatic heterocycles. The molecule has 2 aromatic heterocycles. The first-order valence-corrected chi connectivity index (χ1v) is 9.59. The molecule has 2 aromatic carbocycles. The average molecular weight is 390 g/mol. The van der Waals surface area contributed by atoms with Crippen molar-refractivity contribution in [1.29, 1.82) is 0 Å². The molecule has 4 rings (SSSR count). The predicted octanol–water partition coefficient (Wildman–Crippen LogP) is 2.57. The van der Waals surface area contributed by atoms with E-state index in [0.29, 0.717) is 10.9 Å². The first-order chi connectivity index (χ1) is 14.0. The van der Waals surface area contributed by atoms with Gasteiger partial charge in [-0.2, -0.15) is 0 Å². The van der Waals surface area contributed by atoms with Gasteiger partial charge in [0, 0.05) is 6.42 Å². The molecule has 0 saturated carbocycles. The number of amides is 1. The van der Waals surface area contributed by atoms with Gasteiger partial charge in [-0.05, 0) is 30.2 Å². The second-order valence-corrected chi connectivity index (χ2v) is 7.31. The fraction of sp³-hybridized carbons (Fsp3) is 0.286. The number of fused-ring (bicyclic) bond motifs is 2. The van der Waals surface area contributed by atoms with E-state index in [0.717, 1.165) is 16.9 Å². The number of imidazole rings is 1. The summed E-state index contributed by atoms with van der Waals surface area (Å²) in [6, 6.07) is 14.5.